The zero-order valence-corrected chi connectivity index (χ0v) is 41.3. The first-order chi connectivity index (χ1) is 33.1. The summed E-state index contributed by atoms with van der Waals surface area (Å²) in [4.78, 5) is 78.1. The Hall–Kier alpha value is -3.50. The molecule has 0 aromatic rings. The lowest BCUT2D eigenvalue weighted by molar-refractivity contribution is -0.163. The number of nitrogens with zero attached hydrogens (tertiary/aromatic N) is 3. The van der Waals surface area contributed by atoms with E-state index < -0.39 is 5.97 Å². The van der Waals surface area contributed by atoms with E-state index in [-0.39, 0.29) is 79.6 Å². The molecule has 5 fully saturated rings. The largest absolute Gasteiger partial charge is 0.464 e. The van der Waals surface area contributed by atoms with Gasteiger partial charge in [-0.05, 0) is 64.5 Å². The summed E-state index contributed by atoms with van der Waals surface area (Å²) in [5.74, 6) is -2.51. The molecule has 0 aromatic heterocycles. The summed E-state index contributed by atoms with van der Waals surface area (Å²) < 4.78 is 56.2. The Bertz CT molecular complexity index is 1400. The van der Waals surface area contributed by atoms with Gasteiger partial charge in [-0.15, -0.1) is 0 Å². The second-order valence-electron chi connectivity index (χ2n) is 17.4. The number of hydrogen-bond donors (Lipinski definition) is 0. The Morgan fingerprint density at radius 2 is 0.721 bits per heavy atom. The summed E-state index contributed by atoms with van der Waals surface area (Å²) in [6, 6.07) is 0. The molecule has 0 radical (unpaired) electrons. The van der Waals surface area contributed by atoms with Crippen molar-refractivity contribution in [1.82, 2.24) is 14.7 Å². The molecule has 2 saturated carbocycles. The van der Waals surface area contributed by atoms with Gasteiger partial charge in [0.05, 0.1) is 82.8 Å². The van der Waals surface area contributed by atoms with Gasteiger partial charge in [-0.3, -0.25) is 43.5 Å². The fourth-order valence-electron chi connectivity index (χ4n) is 8.42. The Kier molecular flexibility index (Phi) is 32.3. The molecule has 0 aromatic carbocycles. The van der Waals surface area contributed by atoms with Crippen LogP contribution in [-0.4, -0.2) is 217 Å². The Morgan fingerprint density at radius 1 is 0.382 bits per heavy atom. The van der Waals surface area contributed by atoms with Crippen LogP contribution in [0, 0.1) is 23.7 Å². The fourth-order valence-corrected chi connectivity index (χ4v) is 8.42. The predicted octanol–water partition coefficient (Wildman–Crippen LogP) is 2.70. The summed E-state index contributed by atoms with van der Waals surface area (Å²) in [7, 11) is 4.67. The molecule has 5 rings (SSSR count). The van der Waals surface area contributed by atoms with Crippen LogP contribution in [0.2, 0.25) is 0 Å². The van der Waals surface area contributed by atoms with Crippen molar-refractivity contribution < 1.29 is 80.9 Å². The van der Waals surface area contributed by atoms with Crippen molar-refractivity contribution >= 4 is 35.8 Å². The molecule has 68 heavy (non-hydrogen) atoms. The number of carbonyl (C=O) groups excluding carboxylic acids is 6. The number of ether oxygens (including phenoxy) is 11. The standard InChI is InChI=1S/C18H31NO5.C17H29NO6.C13H23NO6/c1-22-13-14-24-18(21)16-8-4-3-7-15(16)17(20)23-12-11-19-9-5-2-6-10-19;1-21-12-13-24-17(20)15-4-2-14(3-5-15)16(19)23-11-8-18-6-9-22-10-7-18;1-17-10-11-20-13(16)3-2-12(15)19-9-6-14-4-7-18-8-5-14/h15-16H,2-14H2,1H3;14-15H,2-13H2,1H3;2-11H2,1H3. The van der Waals surface area contributed by atoms with Gasteiger partial charge in [-0.25, -0.2) is 0 Å². The maximum Gasteiger partial charge on any atom is 0.309 e. The molecule has 2 unspecified atom stereocenters. The number of carbonyl (C=O) groups is 6. The Balaban J connectivity index is 0.000000272. The van der Waals surface area contributed by atoms with E-state index >= 15 is 0 Å². The van der Waals surface area contributed by atoms with Crippen LogP contribution in [0.15, 0.2) is 0 Å². The van der Waals surface area contributed by atoms with Crippen molar-refractivity contribution in [2.24, 2.45) is 23.7 Å². The van der Waals surface area contributed by atoms with E-state index in [1.165, 1.54) is 26.4 Å². The molecule has 2 aliphatic carbocycles. The van der Waals surface area contributed by atoms with Gasteiger partial charge in [0.1, 0.15) is 39.6 Å². The molecular weight excluding hydrogens is 891 g/mol. The lowest BCUT2D eigenvalue weighted by atomic mass is 9.79. The van der Waals surface area contributed by atoms with Crippen molar-refractivity contribution in [1.29, 1.82) is 0 Å². The van der Waals surface area contributed by atoms with Gasteiger partial charge >= 0.3 is 35.8 Å². The number of likely N-dealkylation sites (tertiary alicyclic amines) is 1. The molecule has 0 amide bonds. The van der Waals surface area contributed by atoms with E-state index in [9.17, 15) is 28.8 Å². The van der Waals surface area contributed by atoms with Crippen LogP contribution >= 0.6 is 0 Å². The van der Waals surface area contributed by atoms with E-state index in [4.69, 9.17) is 52.1 Å². The summed E-state index contributed by atoms with van der Waals surface area (Å²) in [5, 5.41) is 0. The molecule has 20 nitrogen and oxygen atoms in total. The first-order valence-corrected chi connectivity index (χ1v) is 24.9. The van der Waals surface area contributed by atoms with Crippen molar-refractivity contribution in [3.63, 3.8) is 0 Å². The minimum Gasteiger partial charge on any atom is -0.464 e. The molecule has 3 heterocycles. The van der Waals surface area contributed by atoms with E-state index in [1.54, 1.807) is 14.2 Å². The van der Waals surface area contributed by atoms with Crippen molar-refractivity contribution in [2.45, 2.75) is 83.5 Å². The van der Waals surface area contributed by atoms with Crippen LogP contribution in [0.25, 0.3) is 0 Å². The Morgan fingerprint density at radius 3 is 1.15 bits per heavy atom. The average Bonchev–Trinajstić information content (AvgIpc) is 3.37. The quantitative estimate of drug-likeness (QED) is 0.0731. The minimum atomic E-state index is -0.410. The van der Waals surface area contributed by atoms with Crippen molar-refractivity contribution in [3.05, 3.63) is 0 Å². The SMILES string of the molecule is COCCOC(=O)C1CCC(C(=O)OCCN2CCOCC2)CC1.COCCOC(=O)C1CCCCC1C(=O)OCCN1CCCCC1.COCCOC(=O)CCC(=O)OCCN1CCOCC1. The zero-order chi connectivity index (χ0) is 49.0. The molecular formula is C48H83N3O17. The third kappa shape index (κ3) is 25.9. The van der Waals surface area contributed by atoms with Gasteiger partial charge in [0, 0.05) is 67.1 Å². The molecule has 2 atom stereocenters. The second kappa shape index (κ2) is 37.3. The van der Waals surface area contributed by atoms with Crippen molar-refractivity contribution in [2.75, 3.05) is 166 Å². The summed E-state index contributed by atoms with van der Waals surface area (Å²) in [6.07, 6.45) is 9.96. The van der Waals surface area contributed by atoms with E-state index in [2.05, 4.69) is 14.7 Å². The highest BCUT2D eigenvalue weighted by Gasteiger charge is 2.38. The maximum absolute atomic E-state index is 12.4. The average molecular weight is 974 g/mol. The summed E-state index contributed by atoms with van der Waals surface area (Å²) >= 11 is 0. The third-order valence-electron chi connectivity index (χ3n) is 12.5. The lowest BCUT2D eigenvalue weighted by Crippen LogP contribution is -2.39. The molecule has 0 spiro atoms. The number of piperidine rings is 1. The predicted molar refractivity (Wildman–Crippen MR) is 246 cm³/mol. The van der Waals surface area contributed by atoms with E-state index in [0.29, 0.717) is 91.3 Å². The van der Waals surface area contributed by atoms with Crippen LogP contribution in [0.3, 0.4) is 0 Å². The maximum atomic E-state index is 12.4. The van der Waals surface area contributed by atoms with E-state index in [0.717, 1.165) is 91.6 Å². The number of hydrogen-bond acceptors (Lipinski definition) is 20. The topological polar surface area (TPSA) is 214 Å². The van der Waals surface area contributed by atoms with Gasteiger partial charge in [0.15, 0.2) is 0 Å². The first-order valence-electron chi connectivity index (χ1n) is 24.9. The van der Waals surface area contributed by atoms with Gasteiger partial charge < -0.3 is 52.1 Å². The first kappa shape index (κ1) is 58.8. The van der Waals surface area contributed by atoms with Gasteiger partial charge in [-0.2, -0.15) is 0 Å². The van der Waals surface area contributed by atoms with Crippen LogP contribution in [-0.2, 0) is 80.9 Å². The lowest BCUT2D eigenvalue weighted by Gasteiger charge is -2.29. The zero-order valence-electron chi connectivity index (χ0n) is 41.3. The third-order valence-corrected chi connectivity index (χ3v) is 12.5. The highest BCUT2D eigenvalue weighted by atomic mass is 16.6. The number of methoxy groups -OCH3 is 3. The summed E-state index contributed by atoms with van der Waals surface area (Å²) in [5.41, 5.74) is 0. The number of morpholine rings is 2. The second-order valence-corrected chi connectivity index (χ2v) is 17.4. The molecule has 20 heteroatoms. The van der Waals surface area contributed by atoms with Gasteiger partial charge in [0.2, 0.25) is 0 Å². The highest BCUT2D eigenvalue weighted by molar-refractivity contribution is 5.82. The normalized spacial score (nSPS) is 22.5. The van der Waals surface area contributed by atoms with Crippen LogP contribution in [0.1, 0.15) is 83.5 Å². The van der Waals surface area contributed by atoms with Gasteiger partial charge in [-0.1, -0.05) is 19.3 Å². The van der Waals surface area contributed by atoms with Crippen LogP contribution in [0.4, 0.5) is 0 Å². The van der Waals surface area contributed by atoms with Crippen LogP contribution < -0.4 is 0 Å². The smallest absolute Gasteiger partial charge is 0.309 e. The summed E-state index contributed by atoms with van der Waals surface area (Å²) in [6.45, 7) is 14.0. The number of rotatable bonds is 25. The van der Waals surface area contributed by atoms with Gasteiger partial charge in [0.25, 0.3) is 0 Å². The molecule has 3 aliphatic heterocycles. The number of esters is 6. The monoisotopic (exact) mass is 974 g/mol. The molecule has 5 aliphatic rings. The van der Waals surface area contributed by atoms with E-state index in [1.807, 2.05) is 0 Å². The highest BCUT2D eigenvalue weighted by Crippen LogP contribution is 2.32. The molecule has 0 N–H and O–H groups in total. The van der Waals surface area contributed by atoms with Crippen LogP contribution in [0.5, 0.6) is 0 Å². The van der Waals surface area contributed by atoms with Crippen molar-refractivity contribution in [3.8, 4) is 0 Å². The molecule has 392 valence electrons. The molecule has 3 saturated heterocycles. The Labute approximate surface area is 403 Å². The minimum absolute atomic E-state index is 0.0418. The molecule has 0 bridgehead atoms. The fraction of sp³-hybridized carbons (Fsp3) is 0.875.